The first-order chi connectivity index (χ1) is 13.9. The third-order valence-electron chi connectivity index (χ3n) is 4.87. The number of nitrogens with one attached hydrogen (secondary N) is 2. The minimum Gasteiger partial charge on any atom is -0.321 e. The number of nitrogens with zero attached hydrogens (tertiary/aromatic N) is 3. The van der Waals surface area contributed by atoms with Gasteiger partial charge >= 0.3 is 0 Å². The van der Waals surface area contributed by atoms with Crippen molar-refractivity contribution in [3.63, 3.8) is 0 Å². The molecule has 5 rings (SSSR count). The van der Waals surface area contributed by atoms with Crippen LogP contribution in [0.15, 0.2) is 65.8 Å². The lowest BCUT2D eigenvalue weighted by Crippen LogP contribution is -2.13. The average Bonchev–Trinajstić information content (AvgIpc) is 3.26. The van der Waals surface area contributed by atoms with Crippen molar-refractivity contribution in [3.05, 3.63) is 66.5 Å². The van der Waals surface area contributed by atoms with Gasteiger partial charge in [0.1, 0.15) is 6.33 Å². The highest BCUT2D eigenvalue weighted by atomic mass is 32.2. The van der Waals surface area contributed by atoms with Gasteiger partial charge < -0.3 is 9.88 Å². The van der Waals surface area contributed by atoms with E-state index < -0.39 is 10.0 Å². The molecule has 1 aliphatic heterocycles. The van der Waals surface area contributed by atoms with Crippen molar-refractivity contribution in [2.75, 3.05) is 10.0 Å². The van der Waals surface area contributed by atoms with Crippen LogP contribution in [-0.4, -0.2) is 29.1 Å². The molecule has 0 aliphatic carbocycles. The van der Waals surface area contributed by atoms with Crippen LogP contribution in [0.4, 0.5) is 11.4 Å². The van der Waals surface area contributed by atoms with E-state index in [1.807, 2.05) is 13.1 Å². The maximum Gasteiger partial charge on any atom is 0.262 e. The number of amides is 1. The van der Waals surface area contributed by atoms with Gasteiger partial charge in [0.25, 0.3) is 15.9 Å². The zero-order valence-electron chi connectivity index (χ0n) is 15.2. The van der Waals surface area contributed by atoms with Gasteiger partial charge in [-0.15, -0.1) is 10.2 Å². The molecule has 2 heterocycles. The molecule has 0 unspecified atom stereocenters. The van der Waals surface area contributed by atoms with Crippen LogP contribution in [0.2, 0.25) is 0 Å². The number of hydrogen-bond donors (Lipinski definition) is 2. The van der Waals surface area contributed by atoms with E-state index in [-0.39, 0.29) is 10.8 Å². The molecule has 9 heteroatoms. The average molecular weight is 405 g/mol. The Morgan fingerprint density at radius 3 is 2.69 bits per heavy atom. The largest absolute Gasteiger partial charge is 0.321 e. The zero-order valence-corrected chi connectivity index (χ0v) is 16.1. The number of sulfonamides is 1. The fourth-order valence-electron chi connectivity index (χ4n) is 3.57. The highest BCUT2D eigenvalue weighted by Gasteiger charge is 2.26. The first-order valence-electron chi connectivity index (χ1n) is 8.78. The van der Waals surface area contributed by atoms with Crippen molar-refractivity contribution in [1.82, 2.24) is 14.8 Å². The van der Waals surface area contributed by atoms with Crippen LogP contribution in [-0.2, 0) is 17.1 Å². The van der Waals surface area contributed by atoms with E-state index >= 15 is 0 Å². The van der Waals surface area contributed by atoms with Crippen LogP contribution in [0.25, 0.3) is 22.2 Å². The van der Waals surface area contributed by atoms with Crippen LogP contribution in [0.5, 0.6) is 0 Å². The topological polar surface area (TPSA) is 106 Å². The quantitative estimate of drug-likeness (QED) is 0.543. The summed E-state index contributed by atoms with van der Waals surface area (Å²) in [5.74, 6) is 0.394. The lowest BCUT2D eigenvalue weighted by atomic mass is 10.1. The van der Waals surface area contributed by atoms with E-state index in [1.165, 1.54) is 6.07 Å². The van der Waals surface area contributed by atoms with E-state index in [1.54, 1.807) is 53.4 Å². The molecule has 1 aliphatic rings. The summed E-state index contributed by atoms with van der Waals surface area (Å²) in [6, 6.07) is 15.1. The van der Waals surface area contributed by atoms with Gasteiger partial charge in [-0.1, -0.05) is 24.3 Å². The summed E-state index contributed by atoms with van der Waals surface area (Å²) >= 11 is 0. The molecule has 0 spiro atoms. The Hall–Kier alpha value is -3.72. The molecule has 2 N–H and O–H groups in total. The fourth-order valence-corrected chi connectivity index (χ4v) is 4.83. The number of carbonyl (C=O) groups excluding carboxylic acids is 1. The summed E-state index contributed by atoms with van der Waals surface area (Å²) < 4.78 is 30.7. The molecule has 0 saturated carbocycles. The van der Waals surface area contributed by atoms with Gasteiger partial charge in [0.05, 0.1) is 4.90 Å². The summed E-state index contributed by atoms with van der Waals surface area (Å²) in [6.07, 6.45) is 1.58. The second-order valence-electron chi connectivity index (χ2n) is 6.75. The molecule has 0 fully saturated rings. The molecular weight excluding hydrogens is 390 g/mol. The van der Waals surface area contributed by atoms with Crippen molar-refractivity contribution in [2.45, 2.75) is 4.90 Å². The molecule has 0 radical (unpaired) electrons. The van der Waals surface area contributed by atoms with Crippen molar-refractivity contribution in [2.24, 2.45) is 7.05 Å². The second kappa shape index (κ2) is 6.14. The molecule has 3 aromatic carbocycles. The van der Waals surface area contributed by atoms with Crippen LogP contribution in [0, 0.1) is 0 Å². The van der Waals surface area contributed by atoms with E-state index in [9.17, 15) is 13.2 Å². The number of anilines is 2. The molecule has 0 bridgehead atoms. The number of carbonyl (C=O) groups is 1. The monoisotopic (exact) mass is 405 g/mol. The van der Waals surface area contributed by atoms with Crippen LogP contribution in [0.1, 0.15) is 10.4 Å². The Morgan fingerprint density at radius 2 is 1.90 bits per heavy atom. The van der Waals surface area contributed by atoms with Gasteiger partial charge in [-0.05, 0) is 30.3 Å². The number of aryl methyl sites for hydroxylation is 1. The zero-order chi connectivity index (χ0) is 20.2. The second-order valence-corrected chi connectivity index (χ2v) is 8.40. The summed E-state index contributed by atoms with van der Waals surface area (Å²) in [5.41, 5.74) is 2.23. The predicted molar refractivity (Wildman–Crippen MR) is 109 cm³/mol. The summed E-state index contributed by atoms with van der Waals surface area (Å²) in [7, 11) is -2.08. The predicted octanol–water partition coefficient (Wildman–Crippen LogP) is 3.00. The standard InChI is InChI=1S/C20H15N5O3S/c1-25-11-21-23-19(25)12-4-2-5-13(10-12)24-29(27,28)17-9-8-16-18-14(17)6-3-7-15(18)20(26)22-16/h2-11,24H,1H3,(H,22,26). The molecule has 0 saturated heterocycles. The summed E-state index contributed by atoms with van der Waals surface area (Å²) in [5, 5.41) is 11.8. The SMILES string of the molecule is Cn1cnnc1-c1cccc(NS(=O)(=O)c2ccc3c4c(cccc24)C(=O)N3)c1. The van der Waals surface area contributed by atoms with E-state index in [2.05, 4.69) is 20.2 Å². The Balaban J connectivity index is 1.58. The lowest BCUT2D eigenvalue weighted by Gasteiger charge is -2.12. The summed E-state index contributed by atoms with van der Waals surface area (Å²) in [4.78, 5) is 12.2. The Morgan fingerprint density at radius 1 is 1.07 bits per heavy atom. The molecule has 1 amide bonds. The molecule has 29 heavy (non-hydrogen) atoms. The molecule has 8 nitrogen and oxygen atoms in total. The van der Waals surface area contributed by atoms with Crippen molar-refractivity contribution in [3.8, 4) is 11.4 Å². The first-order valence-corrected chi connectivity index (χ1v) is 10.3. The summed E-state index contributed by atoms with van der Waals surface area (Å²) in [6.45, 7) is 0. The van der Waals surface area contributed by atoms with Gasteiger partial charge in [-0.3, -0.25) is 9.52 Å². The highest BCUT2D eigenvalue weighted by molar-refractivity contribution is 7.93. The third-order valence-corrected chi connectivity index (χ3v) is 6.31. The normalized spacial score (nSPS) is 12.9. The molecule has 144 valence electrons. The van der Waals surface area contributed by atoms with Gasteiger partial charge in [-0.2, -0.15) is 0 Å². The minimum atomic E-state index is -3.89. The molecular formula is C20H15N5O3S. The van der Waals surface area contributed by atoms with Crippen LogP contribution in [0.3, 0.4) is 0 Å². The fraction of sp³-hybridized carbons (Fsp3) is 0.0500. The molecule has 1 aromatic heterocycles. The Labute approximate surface area is 166 Å². The molecule has 0 atom stereocenters. The number of rotatable bonds is 4. The first kappa shape index (κ1) is 17.4. The number of benzene rings is 3. The van der Waals surface area contributed by atoms with Crippen LogP contribution >= 0.6 is 0 Å². The maximum atomic E-state index is 13.2. The highest BCUT2D eigenvalue weighted by Crippen LogP contribution is 2.37. The van der Waals surface area contributed by atoms with Gasteiger partial charge in [0.15, 0.2) is 5.82 Å². The molecule has 4 aromatic rings. The van der Waals surface area contributed by atoms with E-state index in [0.717, 1.165) is 5.56 Å². The van der Waals surface area contributed by atoms with E-state index in [4.69, 9.17) is 0 Å². The number of aromatic nitrogens is 3. The van der Waals surface area contributed by atoms with Gasteiger partial charge in [-0.25, -0.2) is 8.42 Å². The number of hydrogen-bond acceptors (Lipinski definition) is 5. The van der Waals surface area contributed by atoms with Gasteiger partial charge in [0.2, 0.25) is 0 Å². The van der Waals surface area contributed by atoms with Crippen molar-refractivity contribution >= 4 is 38.1 Å². The maximum absolute atomic E-state index is 13.2. The third kappa shape index (κ3) is 2.74. The van der Waals surface area contributed by atoms with Gasteiger partial charge in [0, 0.05) is 40.3 Å². The van der Waals surface area contributed by atoms with Crippen molar-refractivity contribution in [1.29, 1.82) is 0 Å². The Bertz CT molecular complexity index is 1410. The Kier molecular flexibility index (Phi) is 3.68. The van der Waals surface area contributed by atoms with Crippen molar-refractivity contribution < 1.29 is 13.2 Å². The smallest absolute Gasteiger partial charge is 0.262 e. The van der Waals surface area contributed by atoms with Crippen LogP contribution < -0.4 is 10.0 Å². The minimum absolute atomic E-state index is 0.110. The van der Waals surface area contributed by atoms with E-state index in [0.29, 0.717) is 33.5 Å². The lowest BCUT2D eigenvalue weighted by molar-refractivity contribution is 0.103.